The van der Waals surface area contributed by atoms with Crippen molar-refractivity contribution in [2.24, 2.45) is 11.4 Å². The molecule has 2 aromatic rings. The molecule has 108 valence electrons. The van der Waals surface area contributed by atoms with Crippen molar-refractivity contribution in [1.82, 2.24) is 9.78 Å². The standard InChI is InChI=1S/C15H21N3OS/c1-10(17-20(19)15(3,4)5)12-7-8-13-11(2)16-18(6)14(13)9-12/h7-9H,1-6H3/t20-/m1/s1. The van der Waals surface area contributed by atoms with Gasteiger partial charge in [0.1, 0.15) is 16.1 Å². The Hall–Kier alpha value is -1.33. The Morgan fingerprint density at radius 3 is 2.60 bits per heavy atom. The summed E-state index contributed by atoms with van der Waals surface area (Å²) in [5, 5.41) is 5.55. The Morgan fingerprint density at radius 2 is 2.00 bits per heavy atom. The minimum Gasteiger partial charge on any atom is -0.591 e. The van der Waals surface area contributed by atoms with Crippen LogP contribution in [0.3, 0.4) is 0 Å². The molecule has 0 spiro atoms. The van der Waals surface area contributed by atoms with E-state index in [4.69, 9.17) is 0 Å². The van der Waals surface area contributed by atoms with E-state index in [2.05, 4.69) is 9.50 Å². The van der Waals surface area contributed by atoms with Gasteiger partial charge in [0.15, 0.2) is 0 Å². The van der Waals surface area contributed by atoms with Gasteiger partial charge in [-0.1, -0.05) is 16.5 Å². The van der Waals surface area contributed by atoms with E-state index in [0.29, 0.717) is 0 Å². The van der Waals surface area contributed by atoms with E-state index in [1.54, 1.807) is 0 Å². The van der Waals surface area contributed by atoms with E-state index in [0.717, 1.165) is 27.9 Å². The molecular weight excluding hydrogens is 270 g/mol. The van der Waals surface area contributed by atoms with E-state index in [9.17, 15) is 4.55 Å². The molecule has 0 fully saturated rings. The van der Waals surface area contributed by atoms with Gasteiger partial charge < -0.3 is 4.55 Å². The van der Waals surface area contributed by atoms with E-state index in [1.165, 1.54) is 0 Å². The Bertz CT molecular complexity index is 668. The molecule has 0 saturated carbocycles. The van der Waals surface area contributed by atoms with Crippen molar-refractivity contribution in [1.29, 1.82) is 0 Å². The van der Waals surface area contributed by atoms with Crippen LogP contribution in [0.25, 0.3) is 10.9 Å². The molecule has 1 aromatic carbocycles. The zero-order valence-corrected chi connectivity index (χ0v) is 13.7. The van der Waals surface area contributed by atoms with Crippen molar-refractivity contribution in [2.45, 2.75) is 39.4 Å². The molecule has 0 N–H and O–H groups in total. The first-order valence-electron chi connectivity index (χ1n) is 6.61. The van der Waals surface area contributed by atoms with Crippen molar-refractivity contribution in [2.75, 3.05) is 0 Å². The highest BCUT2D eigenvalue weighted by molar-refractivity contribution is 7.91. The lowest BCUT2D eigenvalue weighted by atomic mass is 10.1. The first-order chi connectivity index (χ1) is 9.20. The number of rotatable bonds is 2. The van der Waals surface area contributed by atoms with Gasteiger partial charge in [-0.2, -0.15) is 5.10 Å². The van der Waals surface area contributed by atoms with Crippen molar-refractivity contribution in [3.8, 4) is 0 Å². The first kappa shape index (κ1) is 15.1. The average Bonchev–Trinajstić information content (AvgIpc) is 2.63. The Balaban J connectivity index is 2.43. The quantitative estimate of drug-likeness (QED) is 0.630. The van der Waals surface area contributed by atoms with Crippen LogP contribution in [0.4, 0.5) is 0 Å². The zero-order chi connectivity index (χ0) is 15.1. The molecule has 0 bridgehead atoms. The molecule has 2 rings (SSSR count). The highest BCUT2D eigenvalue weighted by Crippen LogP contribution is 2.21. The molecule has 20 heavy (non-hydrogen) atoms. The second-order valence-corrected chi connectivity index (χ2v) is 7.88. The molecule has 0 amide bonds. The molecule has 5 heteroatoms. The normalized spacial score (nSPS) is 14.8. The van der Waals surface area contributed by atoms with E-state index in [1.807, 2.05) is 64.5 Å². The lowest BCUT2D eigenvalue weighted by Gasteiger charge is -2.18. The van der Waals surface area contributed by atoms with Gasteiger partial charge in [0.2, 0.25) is 0 Å². The van der Waals surface area contributed by atoms with Crippen molar-refractivity contribution < 1.29 is 4.55 Å². The number of hydrogen-bond acceptors (Lipinski definition) is 3. The first-order valence-corrected chi connectivity index (χ1v) is 7.72. The Kier molecular flexibility index (Phi) is 3.93. The molecule has 1 heterocycles. The maximum Gasteiger partial charge on any atom is 0.144 e. The van der Waals surface area contributed by atoms with Crippen LogP contribution in [0, 0.1) is 6.92 Å². The topological polar surface area (TPSA) is 53.2 Å². The maximum atomic E-state index is 12.1. The molecule has 0 aliphatic carbocycles. The lowest BCUT2D eigenvalue weighted by Crippen LogP contribution is -2.26. The fraction of sp³-hybridized carbons (Fsp3) is 0.467. The molecule has 1 aromatic heterocycles. The predicted octanol–water partition coefficient (Wildman–Crippen LogP) is 3.15. The van der Waals surface area contributed by atoms with Gasteiger partial charge in [0.25, 0.3) is 0 Å². The zero-order valence-electron chi connectivity index (χ0n) is 12.9. The van der Waals surface area contributed by atoms with Crippen LogP contribution < -0.4 is 0 Å². The van der Waals surface area contributed by atoms with Crippen LogP contribution in [0.2, 0.25) is 0 Å². The Morgan fingerprint density at radius 1 is 1.35 bits per heavy atom. The smallest absolute Gasteiger partial charge is 0.144 e. The van der Waals surface area contributed by atoms with Crippen molar-refractivity contribution in [3.05, 3.63) is 29.5 Å². The van der Waals surface area contributed by atoms with Gasteiger partial charge in [-0.05, 0) is 40.7 Å². The summed E-state index contributed by atoms with van der Waals surface area (Å²) < 4.78 is 17.9. The van der Waals surface area contributed by atoms with E-state index >= 15 is 0 Å². The third kappa shape index (κ3) is 2.88. The molecule has 0 radical (unpaired) electrons. The molecule has 0 unspecified atom stereocenters. The summed E-state index contributed by atoms with van der Waals surface area (Å²) in [6.45, 7) is 9.67. The minimum absolute atomic E-state index is 0.339. The monoisotopic (exact) mass is 291 g/mol. The number of benzene rings is 1. The molecule has 0 aliphatic heterocycles. The van der Waals surface area contributed by atoms with Gasteiger partial charge in [0, 0.05) is 18.0 Å². The van der Waals surface area contributed by atoms with Crippen LogP contribution >= 0.6 is 0 Å². The summed E-state index contributed by atoms with van der Waals surface area (Å²) in [6.07, 6.45) is 0. The van der Waals surface area contributed by atoms with Gasteiger partial charge >= 0.3 is 0 Å². The van der Waals surface area contributed by atoms with Crippen LogP contribution in [0.15, 0.2) is 22.6 Å². The summed E-state index contributed by atoms with van der Waals surface area (Å²) in [7, 11) is 1.93. The van der Waals surface area contributed by atoms with Gasteiger partial charge in [-0.15, -0.1) is 0 Å². The highest BCUT2D eigenvalue weighted by Gasteiger charge is 2.26. The molecule has 0 saturated heterocycles. The second-order valence-electron chi connectivity index (χ2n) is 5.98. The lowest BCUT2D eigenvalue weighted by molar-refractivity contribution is 0.561. The molecule has 4 nitrogen and oxygen atoms in total. The van der Waals surface area contributed by atoms with Crippen LogP contribution in [0.1, 0.15) is 39.0 Å². The Labute approximate surface area is 123 Å². The highest BCUT2D eigenvalue weighted by atomic mass is 32.2. The second kappa shape index (κ2) is 5.22. The number of aryl methyl sites for hydroxylation is 2. The fourth-order valence-corrected chi connectivity index (χ4v) is 2.61. The SMILES string of the molecule is CC(=N[S@+]([O-])C(C)(C)C)c1ccc2c(C)nn(C)c2c1. The number of nitrogens with zero attached hydrogens (tertiary/aromatic N) is 3. The largest absolute Gasteiger partial charge is 0.591 e. The predicted molar refractivity (Wildman–Crippen MR) is 85.6 cm³/mol. The summed E-state index contributed by atoms with van der Waals surface area (Å²) in [5.41, 5.74) is 3.86. The summed E-state index contributed by atoms with van der Waals surface area (Å²) >= 11 is -1.24. The van der Waals surface area contributed by atoms with Gasteiger partial charge in [-0.25, -0.2) is 0 Å². The summed E-state index contributed by atoms with van der Waals surface area (Å²) in [4.78, 5) is 0. The number of hydrogen-bond donors (Lipinski definition) is 0. The summed E-state index contributed by atoms with van der Waals surface area (Å²) in [5.74, 6) is 0. The average molecular weight is 291 g/mol. The number of fused-ring (bicyclic) bond motifs is 1. The van der Waals surface area contributed by atoms with E-state index in [-0.39, 0.29) is 4.75 Å². The molecular formula is C15H21N3OS. The third-order valence-electron chi connectivity index (χ3n) is 3.20. The van der Waals surface area contributed by atoms with Gasteiger partial charge in [0.05, 0.1) is 16.9 Å². The fourth-order valence-electron chi connectivity index (χ4n) is 1.98. The van der Waals surface area contributed by atoms with Crippen LogP contribution in [-0.2, 0) is 18.4 Å². The number of aromatic nitrogens is 2. The molecule has 0 aliphatic rings. The van der Waals surface area contributed by atoms with Crippen molar-refractivity contribution >= 4 is 28.0 Å². The van der Waals surface area contributed by atoms with Gasteiger partial charge in [-0.3, -0.25) is 4.68 Å². The minimum atomic E-state index is -1.24. The van der Waals surface area contributed by atoms with E-state index < -0.39 is 11.4 Å². The maximum absolute atomic E-state index is 12.1. The molecule has 1 atom stereocenters. The van der Waals surface area contributed by atoms with Crippen LogP contribution in [-0.4, -0.2) is 24.8 Å². The van der Waals surface area contributed by atoms with Crippen molar-refractivity contribution in [3.63, 3.8) is 0 Å². The third-order valence-corrected chi connectivity index (χ3v) is 4.69. The summed E-state index contributed by atoms with van der Waals surface area (Å²) in [6, 6.07) is 6.11. The van der Waals surface area contributed by atoms with Crippen LogP contribution in [0.5, 0.6) is 0 Å².